The molecular formula is C9H14N4O. The summed E-state index contributed by atoms with van der Waals surface area (Å²) in [6.07, 6.45) is 2.35. The molecule has 2 rings (SSSR count). The van der Waals surface area contributed by atoms with E-state index < -0.39 is 0 Å². The standard InChI is InChI=1S/C9H14N4O/c10-6-7-5-8(12-9(14)11-7)13-3-1-2-4-13/h5H,1-4,6,10H2,(H,11,12,14). The van der Waals surface area contributed by atoms with Crippen molar-refractivity contribution in [1.29, 1.82) is 0 Å². The Morgan fingerprint density at radius 1 is 1.50 bits per heavy atom. The van der Waals surface area contributed by atoms with E-state index in [4.69, 9.17) is 5.73 Å². The van der Waals surface area contributed by atoms with Crippen molar-refractivity contribution in [2.75, 3.05) is 18.0 Å². The summed E-state index contributed by atoms with van der Waals surface area (Å²) in [6.45, 7) is 2.32. The van der Waals surface area contributed by atoms with Gasteiger partial charge in [0, 0.05) is 31.4 Å². The summed E-state index contributed by atoms with van der Waals surface area (Å²) in [5.41, 5.74) is 5.90. The maximum Gasteiger partial charge on any atom is 0.347 e. The molecule has 76 valence electrons. The van der Waals surface area contributed by atoms with Crippen LogP contribution in [0.1, 0.15) is 18.5 Å². The summed E-state index contributed by atoms with van der Waals surface area (Å²) in [5.74, 6) is 0.756. The largest absolute Gasteiger partial charge is 0.356 e. The van der Waals surface area contributed by atoms with Crippen molar-refractivity contribution in [2.24, 2.45) is 5.73 Å². The number of hydrogen-bond acceptors (Lipinski definition) is 4. The van der Waals surface area contributed by atoms with Crippen LogP contribution in [0.5, 0.6) is 0 Å². The molecule has 14 heavy (non-hydrogen) atoms. The smallest absolute Gasteiger partial charge is 0.347 e. The van der Waals surface area contributed by atoms with Crippen molar-refractivity contribution in [3.8, 4) is 0 Å². The molecule has 0 radical (unpaired) electrons. The second-order valence-corrected chi connectivity index (χ2v) is 3.47. The maximum atomic E-state index is 11.2. The van der Waals surface area contributed by atoms with Crippen molar-refractivity contribution >= 4 is 5.82 Å². The topological polar surface area (TPSA) is 75.0 Å². The van der Waals surface area contributed by atoms with Gasteiger partial charge in [0.25, 0.3) is 0 Å². The lowest BCUT2D eigenvalue weighted by molar-refractivity contribution is 0.876. The quantitative estimate of drug-likeness (QED) is 0.685. The van der Waals surface area contributed by atoms with E-state index in [0.29, 0.717) is 6.54 Å². The van der Waals surface area contributed by atoms with Gasteiger partial charge in [-0.1, -0.05) is 0 Å². The third-order valence-corrected chi connectivity index (χ3v) is 2.44. The molecule has 1 aromatic heterocycles. The zero-order chi connectivity index (χ0) is 9.97. The number of anilines is 1. The van der Waals surface area contributed by atoms with E-state index >= 15 is 0 Å². The summed E-state index contributed by atoms with van der Waals surface area (Å²) >= 11 is 0. The lowest BCUT2D eigenvalue weighted by Gasteiger charge is -2.15. The van der Waals surface area contributed by atoms with Crippen LogP contribution in [0.2, 0.25) is 0 Å². The minimum absolute atomic E-state index is 0.310. The van der Waals surface area contributed by atoms with E-state index in [0.717, 1.165) is 24.6 Å². The Morgan fingerprint density at radius 3 is 2.86 bits per heavy atom. The van der Waals surface area contributed by atoms with Gasteiger partial charge in [-0.15, -0.1) is 0 Å². The SMILES string of the molecule is NCc1cc(N2CCCC2)nc(=O)[nH]1. The first kappa shape index (κ1) is 9.21. The Hall–Kier alpha value is -1.36. The first-order valence-corrected chi connectivity index (χ1v) is 4.85. The summed E-state index contributed by atoms with van der Waals surface area (Å²) in [7, 11) is 0. The Bertz CT molecular complexity index is 367. The molecule has 0 unspecified atom stereocenters. The van der Waals surface area contributed by atoms with E-state index in [1.807, 2.05) is 6.07 Å². The first-order valence-electron chi connectivity index (χ1n) is 4.85. The monoisotopic (exact) mass is 194 g/mol. The minimum Gasteiger partial charge on any atom is -0.356 e. The molecular weight excluding hydrogens is 180 g/mol. The van der Waals surface area contributed by atoms with Gasteiger partial charge in [0.1, 0.15) is 5.82 Å². The molecule has 2 heterocycles. The lowest BCUT2D eigenvalue weighted by Crippen LogP contribution is -2.24. The Balaban J connectivity index is 2.32. The van der Waals surface area contributed by atoms with Crippen molar-refractivity contribution in [2.45, 2.75) is 19.4 Å². The molecule has 0 atom stereocenters. The van der Waals surface area contributed by atoms with Gasteiger partial charge in [0.05, 0.1) is 0 Å². The zero-order valence-electron chi connectivity index (χ0n) is 7.99. The van der Waals surface area contributed by atoms with Crippen LogP contribution in [0, 0.1) is 0 Å². The van der Waals surface area contributed by atoms with Gasteiger partial charge in [-0.3, -0.25) is 0 Å². The second-order valence-electron chi connectivity index (χ2n) is 3.47. The highest BCUT2D eigenvalue weighted by atomic mass is 16.1. The molecule has 0 spiro atoms. The van der Waals surface area contributed by atoms with Crippen LogP contribution < -0.4 is 16.3 Å². The van der Waals surface area contributed by atoms with Gasteiger partial charge in [-0.05, 0) is 12.8 Å². The summed E-state index contributed by atoms with van der Waals surface area (Å²) in [6, 6.07) is 1.85. The normalized spacial score (nSPS) is 16.2. The predicted octanol–water partition coefficient (Wildman–Crippen LogP) is -0.171. The van der Waals surface area contributed by atoms with Gasteiger partial charge in [-0.25, -0.2) is 4.79 Å². The van der Waals surface area contributed by atoms with Crippen LogP contribution >= 0.6 is 0 Å². The molecule has 0 saturated carbocycles. The van der Waals surface area contributed by atoms with Crippen LogP contribution in [0.25, 0.3) is 0 Å². The molecule has 1 aliphatic rings. The molecule has 3 N–H and O–H groups in total. The molecule has 1 saturated heterocycles. The van der Waals surface area contributed by atoms with Gasteiger partial charge in [0.2, 0.25) is 0 Å². The minimum atomic E-state index is -0.310. The fourth-order valence-electron chi connectivity index (χ4n) is 1.71. The number of aromatic nitrogens is 2. The van der Waals surface area contributed by atoms with Crippen molar-refractivity contribution in [1.82, 2.24) is 9.97 Å². The van der Waals surface area contributed by atoms with Crippen LogP contribution in [-0.2, 0) is 6.54 Å². The molecule has 5 heteroatoms. The third kappa shape index (κ3) is 1.77. The second kappa shape index (κ2) is 3.79. The Morgan fingerprint density at radius 2 is 2.21 bits per heavy atom. The molecule has 0 aromatic carbocycles. The number of nitrogens with zero attached hydrogens (tertiary/aromatic N) is 2. The number of rotatable bonds is 2. The van der Waals surface area contributed by atoms with E-state index in [1.165, 1.54) is 12.8 Å². The number of hydrogen-bond donors (Lipinski definition) is 2. The first-order chi connectivity index (χ1) is 6.79. The third-order valence-electron chi connectivity index (χ3n) is 2.44. The lowest BCUT2D eigenvalue weighted by atomic mass is 10.4. The predicted molar refractivity (Wildman–Crippen MR) is 54.2 cm³/mol. The zero-order valence-corrected chi connectivity index (χ0v) is 7.99. The Labute approximate surface area is 82.0 Å². The highest BCUT2D eigenvalue weighted by molar-refractivity contribution is 5.39. The summed E-state index contributed by atoms with van der Waals surface area (Å²) in [5, 5.41) is 0. The fourth-order valence-corrected chi connectivity index (χ4v) is 1.71. The molecule has 0 amide bonds. The summed E-state index contributed by atoms with van der Waals surface area (Å²) in [4.78, 5) is 19.8. The van der Waals surface area contributed by atoms with E-state index in [-0.39, 0.29) is 5.69 Å². The summed E-state index contributed by atoms with van der Waals surface area (Å²) < 4.78 is 0. The number of nitrogens with one attached hydrogen (secondary N) is 1. The highest BCUT2D eigenvalue weighted by Crippen LogP contribution is 2.16. The number of aromatic amines is 1. The fraction of sp³-hybridized carbons (Fsp3) is 0.556. The van der Waals surface area contributed by atoms with Crippen molar-refractivity contribution in [3.05, 3.63) is 22.2 Å². The average molecular weight is 194 g/mol. The molecule has 5 nitrogen and oxygen atoms in total. The molecule has 0 bridgehead atoms. The van der Waals surface area contributed by atoms with Gasteiger partial charge >= 0.3 is 5.69 Å². The molecule has 0 aliphatic carbocycles. The van der Waals surface area contributed by atoms with Crippen LogP contribution in [-0.4, -0.2) is 23.1 Å². The highest BCUT2D eigenvalue weighted by Gasteiger charge is 2.14. The number of nitrogens with two attached hydrogens (primary N) is 1. The maximum absolute atomic E-state index is 11.2. The average Bonchev–Trinajstić information content (AvgIpc) is 2.69. The molecule has 1 aliphatic heterocycles. The molecule has 1 fully saturated rings. The van der Waals surface area contributed by atoms with Crippen LogP contribution in [0.3, 0.4) is 0 Å². The van der Waals surface area contributed by atoms with E-state index in [9.17, 15) is 4.79 Å². The van der Waals surface area contributed by atoms with Crippen LogP contribution in [0.4, 0.5) is 5.82 Å². The van der Waals surface area contributed by atoms with E-state index in [1.54, 1.807) is 0 Å². The van der Waals surface area contributed by atoms with Crippen molar-refractivity contribution in [3.63, 3.8) is 0 Å². The van der Waals surface area contributed by atoms with Gasteiger partial charge in [0.15, 0.2) is 0 Å². The number of H-pyrrole nitrogens is 1. The van der Waals surface area contributed by atoms with Crippen LogP contribution in [0.15, 0.2) is 10.9 Å². The van der Waals surface area contributed by atoms with Gasteiger partial charge in [-0.2, -0.15) is 4.98 Å². The van der Waals surface area contributed by atoms with Gasteiger partial charge < -0.3 is 15.6 Å². The van der Waals surface area contributed by atoms with E-state index in [2.05, 4.69) is 14.9 Å². The Kier molecular flexibility index (Phi) is 2.49. The van der Waals surface area contributed by atoms with Crippen molar-refractivity contribution < 1.29 is 0 Å². The molecule has 1 aromatic rings.